The molecular weight excluding hydrogens is 899 g/mol. The van der Waals surface area contributed by atoms with Crippen molar-refractivity contribution in [3.63, 3.8) is 0 Å². The second kappa shape index (κ2) is 21.3. The van der Waals surface area contributed by atoms with Gasteiger partial charge in [0.2, 0.25) is 25.9 Å². The number of primary amides is 1. The smallest absolute Gasteiger partial charge is 0.404 e. The number of aryl methyl sites for hydroxylation is 1. The molecule has 0 aliphatic heterocycles. The lowest BCUT2D eigenvalue weighted by molar-refractivity contribution is 0.145. The molecule has 0 saturated carbocycles. The summed E-state index contributed by atoms with van der Waals surface area (Å²) in [4.78, 5) is 16.3. The van der Waals surface area contributed by atoms with E-state index in [4.69, 9.17) is 30.4 Å². The zero-order valence-corrected chi connectivity index (χ0v) is 38.5. The lowest BCUT2D eigenvalue weighted by Gasteiger charge is -2.27. The van der Waals surface area contributed by atoms with Gasteiger partial charge in [0.15, 0.2) is 0 Å². The van der Waals surface area contributed by atoms with Gasteiger partial charge in [0.25, 0.3) is 0 Å². The monoisotopic (exact) mass is 947 g/mol. The Morgan fingerprint density at radius 1 is 0.716 bits per heavy atom. The third-order valence-electron chi connectivity index (χ3n) is 10.6. The summed E-state index contributed by atoms with van der Waals surface area (Å²) in [6, 6.07) is 36.4. The van der Waals surface area contributed by atoms with Crippen LogP contribution in [0.1, 0.15) is 28.7 Å². The van der Waals surface area contributed by atoms with E-state index in [0.29, 0.717) is 34.8 Å². The summed E-state index contributed by atoms with van der Waals surface area (Å²) >= 11 is 0. The number of ether oxygens (including phenoxy) is 4. The van der Waals surface area contributed by atoms with Crippen molar-refractivity contribution in [2.75, 3.05) is 33.7 Å². The summed E-state index contributed by atoms with van der Waals surface area (Å²) in [7, 11) is -5.26. The number of methoxy groups -OCH3 is 3. The van der Waals surface area contributed by atoms with E-state index in [1.54, 1.807) is 86.0 Å². The van der Waals surface area contributed by atoms with Gasteiger partial charge in [-0.3, -0.25) is 0 Å². The number of nitrogens with zero attached hydrogens (tertiary/aromatic N) is 6. The Hall–Kier alpha value is -7.39. The van der Waals surface area contributed by atoms with E-state index in [2.05, 4.69) is 25.1 Å². The van der Waals surface area contributed by atoms with Crippen molar-refractivity contribution < 1.29 is 40.6 Å². The number of benzene rings is 5. The number of rotatable bonds is 21. The molecule has 348 valence electrons. The lowest BCUT2D eigenvalue weighted by atomic mass is 10.0. The van der Waals surface area contributed by atoms with E-state index in [1.165, 1.54) is 31.1 Å². The van der Waals surface area contributed by atoms with Gasteiger partial charge in [0.1, 0.15) is 39.5 Å². The predicted octanol–water partition coefficient (Wildman–Crippen LogP) is 5.82. The second-order valence-corrected chi connectivity index (χ2v) is 18.8. The van der Waals surface area contributed by atoms with Gasteiger partial charge in [0.05, 0.1) is 45.2 Å². The van der Waals surface area contributed by atoms with Gasteiger partial charge in [-0.25, -0.2) is 31.3 Å². The molecule has 0 fully saturated rings. The first-order chi connectivity index (χ1) is 32.3. The van der Waals surface area contributed by atoms with Crippen LogP contribution in [0.2, 0.25) is 0 Å². The van der Waals surface area contributed by atoms with E-state index in [9.17, 15) is 4.79 Å². The topological polar surface area (TPSA) is 246 Å². The minimum atomic E-state index is -4.98. The molecule has 5 N–H and O–H groups in total. The van der Waals surface area contributed by atoms with Crippen LogP contribution in [0, 0.1) is 0 Å². The number of pyridine rings is 1. The van der Waals surface area contributed by atoms with Crippen molar-refractivity contribution in [1.29, 1.82) is 0 Å². The van der Waals surface area contributed by atoms with Gasteiger partial charge >= 0.3 is 6.09 Å². The van der Waals surface area contributed by atoms with Crippen molar-refractivity contribution >= 4 is 32.0 Å². The predicted molar refractivity (Wildman–Crippen MR) is 250 cm³/mol. The third kappa shape index (κ3) is 11.9. The number of anilines is 1. The summed E-state index contributed by atoms with van der Waals surface area (Å²) in [5.74, 6) is 1.61. The number of amides is 1. The summed E-state index contributed by atoms with van der Waals surface area (Å²) in [5.41, 5.74) is 14.4. The summed E-state index contributed by atoms with van der Waals surface area (Å²) < 4.78 is 87.3. The van der Waals surface area contributed by atoms with Crippen LogP contribution in [-0.4, -0.2) is 86.4 Å². The molecule has 2 aromatic heterocycles. The number of sulfonamides is 2. The Morgan fingerprint density at radius 3 is 1.85 bits per heavy atom. The Labute approximate surface area is 388 Å². The maximum Gasteiger partial charge on any atom is 0.404 e. The summed E-state index contributed by atoms with van der Waals surface area (Å²) in [5, 5.41) is 13.3. The fraction of sp³-hybridized carbons (Fsp3) is 0.213. The zero-order valence-electron chi connectivity index (χ0n) is 36.9. The maximum absolute atomic E-state index is 16.0. The van der Waals surface area contributed by atoms with Crippen LogP contribution in [0.25, 0.3) is 22.6 Å². The van der Waals surface area contributed by atoms with Gasteiger partial charge in [-0.1, -0.05) is 78.9 Å². The molecule has 20 heteroatoms. The van der Waals surface area contributed by atoms with E-state index >= 15 is 16.8 Å². The highest BCUT2D eigenvalue weighted by atomic mass is 32.2. The van der Waals surface area contributed by atoms with Crippen molar-refractivity contribution in [1.82, 2.24) is 34.2 Å². The normalized spacial score (nSPS) is 12.1. The summed E-state index contributed by atoms with van der Waals surface area (Å²) in [6.45, 7) is -0.803. The number of nitrogens with one attached hydrogen (secondary N) is 1. The first kappa shape index (κ1) is 47.6. The Kier molecular flexibility index (Phi) is 15.1. The molecule has 0 radical (unpaired) electrons. The number of carbonyl (C=O) groups is 1. The molecule has 7 rings (SSSR count). The maximum atomic E-state index is 16.0. The highest BCUT2D eigenvalue weighted by Crippen LogP contribution is 2.41. The molecule has 1 amide bonds. The molecule has 0 aliphatic carbocycles. The third-order valence-corrected chi connectivity index (χ3v) is 14.2. The first-order valence-corrected chi connectivity index (χ1v) is 23.7. The first-order valence-electron chi connectivity index (χ1n) is 20.8. The number of nitrogens with two attached hydrogens (primary N) is 2. The van der Waals surface area contributed by atoms with Crippen molar-refractivity contribution in [3.05, 3.63) is 156 Å². The van der Waals surface area contributed by atoms with E-state index in [1.807, 2.05) is 42.5 Å². The van der Waals surface area contributed by atoms with Gasteiger partial charge < -0.3 is 30.4 Å². The van der Waals surface area contributed by atoms with Crippen LogP contribution in [0.15, 0.2) is 143 Å². The van der Waals surface area contributed by atoms with Gasteiger partial charge in [-0.05, 0) is 94.9 Å². The molecule has 5 aromatic carbocycles. The number of hydrogen-bond acceptors (Lipinski definition) is 14. The Bertz CT molecular complexity index is 2960. The molecule has 67 heavy (non-hydrogen) atoms. The zero-order chi connectivity index (χ0) is 47.6. The molecule has 0 bridgehead atoms. The van der Waals surface area contributed by atoms with Gasteiger partial charge in [-0.2, -0.15) is 9.10 Å². The van der Waals surface area contributed by atoms with Crippen LogP contribution in [-0.2, 0) is 50.8 Å². The minimum absolute atomic E-state index is 0.106. The molecular formula is C47H49N9O9S2. The fourth-order valence-electron chi connectivity index (χ4n) is 7.22. The largest absolute Gasteiger partial charge is 0.497 e. The number of tetrazole rings is 1. The van der Waals surface area contributed by atoms with Crippen molar-refractivity contribution in [2.45, 2.75) is 48.3 Å². The minimum Gasteiger partial charge on any atom is -0.497 e. The summed E-state index contributed by atoms with van der Waals surface area (Å²) in [6.07, 6.45) is -0.616. The molecule has 2 heterocycles. The highest BCUT2D eigenvalue weighted by Gasteiger charge is 2.39. The molecule has 7 aromatic rings. The fourth-order valence-corrected chi connectivity index (χ4v) is 10.9. The number of hydrogen-bond donors (Lipinski definition) is 3. The van der Waals surface area contributed by atoms with Gasteiger partial charge in [-0.15, -0.1) is 10.2 Å². The van der Waals surface area contributed by atoms with Crippen LogP contribution in [0.5, 0.6) is 17.2 Å². The van der Waals surface area contributed by atoms with Crippen molar-refractivity contribution in [2.24, 2.45) is 5.73 Å². The standard InChI is InChI=1S/C47H49N9O9S2/c1-62-37-20-13-33(14-21-37)28-55(29-34-15-22-38(63-2)23-16-34)67(60,61)45-42(66(58,59)53-36(31-65-47(49)57)19-12-32-8-5-4-6-9-32)27-26-40(41-10-7-11-43(48)50-41)44(45)46-51-54-56(52-46)30-35-17-24-39(64-3)25-18-35/h4-11,13-18,20-27,36,53H,12,19,28-31H2,1-3H3,(H2,48,50)(H2,49,57)/t36-/m1/s1. The van der Waals surface area contributed by atoms with Crippen LogP contribution >= 0.6 is 0 Å². The molecule has 0 aliphatic rings. The quantitative estimate of drug-likeness (QED) is 0.0768. The average Bonchev–Trinajstić information content (AvgIpc) is 3.80. The second-order valence-electron chi connectivity index (χ2n) is 15.2. The highest BCUT2D eigenvalue weighted by molar-refractivity contribution is 7.92. The lowest BCUT2D eigenvalue weighted by Crippen LogP contribution is -2.41. The molecule has 0 saturated heterocycles. The number of nitrogen functional groups attached to an aromatic ring is 1. The average molecular weight is 948 g/mol. The van der Waals surface area contributed by atoms with E-state index in [-0.39, 0.29) is 54.5 Å². The number of aromatic nitrogens is 5. The van der Waals surface area contributed by atoms with E-state index in [0.717, 1.165) is 15.4 Å². The molecule has 1 atom stereocenters. The molecule has 18 nitrogen and oxygen atoms in total. The Morgan fingerprint density at radius 2 is 1.30 bits per heavy atom. The van der Waals surface area contributed by atoms with Gasteiger partial charge in [0, 0.05) is 18.7 Å². The van der Waals surface area contributed by atoms with Crippen LogP contribution < -0.4 is 30.4 Å². The number of carbonyl (C=O) groups excluding carboxylic acids is 1. The van der Waals surface area contributed by atoms with Crippen LogP contribution in [0.4, 0.5) is 10.6 Å². The Balaban J connectivity index is 1.45. The molecule has 0 unspecified atom stereocenters. The van der Waals surface area contributed by atoms with Crippen LogP contribution in [0.3, 0.4) is 0 Å². The molecule has 0 spiro atoms. The van der Waals surface area contributed by atoms with Crippen molar-refractivity contribution in [3.8, 4) is 39.9 Å². The SMILES string of the molecule is COc1ccc(CN(Cc2ccc(OC)cc2)S(=O)(=O)c2c(S(=O)(=O)N[C@H](CCc3ccccc3)COC(N)=O)ccc(-c3cccc(N)n3)c2-c2nnn(Cc3ccc(OC)cc3)n2)cc1. The van der Waals surface area contributed by atoms with E-state index < -0.39 is 48.6 Å².